The number of benzene rings is 2. The molecule has 0 bridgehead atoms. The first-order valence-corrected chi connectivity index (χ1v) is 12.6. The lowest BCUT2D eigenvalue weighted by atomic mass is 9.91. The summed E-state index contributed by atoms with van der Waals surface area (Å²) in [6.07, 6.45) is 2.52. The van der Waals surface area contributed by atoms with Crippen LogP contribution >= 0.6 is 0 Å². The van der Waals surface area contributed by atoms with Crippen molar-refractivity contribution in [3.8, 4) is 0 Å². The predicted molar refractivity (Wildman–Crippen MR) is 121 cm³/mol. The monoisotopic (exact) mass is 428 g/mol. The van der Waals surface area contributed by atoms with Gasteiger partial charge in [-0.15, -0.1) is 0 Å². The fourth-order valence-electron chi connectivity index (χ4n) is 4.28. The highest BCUT2D eigenvalue weighted by Crippen LogP contribution is 2.22. The zero-order valence-electron chi connectivity index (χ0n) is 18.1. The number of hydrogen-bond acceptors (Lipinski definition) is 4. The molecule has 0 aromatic heterocycles. The maximum absolute atomic E-state index is 12.4. The van der Waals surface area contributed by atoms with E-state index in [1.54, 1.807) is 24.3 Å². The highest BCUT2D eigenvalue weighted by Gasteiger charge is 2.21. The standard InChI is InChI=1S/C24H32N2O3S/c1-18-12-19(2)15-26(14-18)16-21-6-4-20(5-7-21)13-25-24(27)23-10-8-22(9-11-23)17-30(3,28)29/h4-11,18-19H,12-17H2,1-3H3,(H,25,27)/t18-,19-/m1/s1. The molecule has 1 N–H and O–H groups in total. The van der Waals surface area contributed by atoms with Crippen LogP contribution in [0.15, 0.2) is 48.5 Å². The molecule has 0 saturated carbocycles. The zero-order valence-corrected chi connectivity index (χ0v) is 18.9. The first-order chi connectivity index (χ1) is 14.2. The summed E-state index contributed by atoms with van der Waals surface area (Å²) in [6, 6.07) is 15.1. The number of carbonyl (C=O) groups excluding carboxylic acids is 1. The highest BCUT2D eigenvalue weighted by atomic mass is 32.2. The Kier molecular flexibility index (Phi) is 7.32. The number of sulfone groups is 1. The summed E-state index contributed by atoms with van der Waals surface area (Å²) in [7, 11) is -3.08. The summed E-state index contributed by atoms with van der Waals surface area (Å²) >= 11 is 0. The molecule has 1 fully saturated rings. The molecule has 2 atom stereocenters. The summed E-state index contributed by atoms with van der Waals surface area (Å²) in [5.41, 5.74) is 3.56. The lowest BCUT2D eigenvalue weighted by molar-refractivity contribution is 0.0951. The second-order valence-corrected chi connectivity index (χ2v) is 11.0. The van der Waals surface area contributed by atoms with Crippen molar-refractivity contribution in [1.29, 1.82) is 0 Å². The van der Waals surface area contributed by atoms with Gasteiger partial charge in [-0.25, -0.2) is 8.42 Å². The fourth-order valence-corrected chi connectivity index (χ4v) is 5.08. The number of rotatable bonds is 7. The van der Waals surface area contributed by atoms with Crippen LogP contribution in [0, 0.1) is 11.8 Å². The van der Waals surface area contributed by atoms with Crippen molar-refractivity contribution in [2.45, 2.75) is 39.1 Å². The molecule has 1 saturated heterocycles. The second-order valence-electron chi connectivity index (χ2n) is 8.91. The molecule has 30 heavy (non-hydrogen) atoms. The molecule has 0 spiro atoms. The van der Waals surface area contributed by atoms with Crippen LogP contribution in [0.25, 0.3) is 0 Å². The lowest BCUT2D eigenvalue weighted by Crippen LogP contribution is -2.38. The average Bonchev–Trinajstić information content (AvgIpc) is 2.66. The lowest BCUT2D eigenvalue weighted by Gasteiger charge is -2.35. The summed E-state index contributed by atoms with van der Waals surface area (Å²) in [6.45, 7) is 8.40. The van der Waals surface area contributed by atoms with E-state index in [-0.39, 0.29) is 11.7 Å². The van der Waals surface area contributed by atoms with Gasteiger partial charge in [-0.3, -0.25) is 9.69 Å². The Labute approximate surface area is 180 Å². The van der Waals surface area contributed by atoms with E-state index >= 15 is 0 Å². The Bertz CT molecular complexity index is 943. The van der Waals surface area contributed by atoms with Crippen molar-refractivity contribution >= 4 is 15.7 Å². The Balaban J connectivity index is 1.50. The van der Waals surface area contributed by atoms with Gasteiger partial charge in [0.2, 0.25) is 0 Å². The summed E-state index contributed by atoms with van der Waals surface area (Å²) in [4.78, 5) is 14.9. The summed E-state index contributed by atoms with van der Waals surface area (Å²) in [5, 5.41) is 2.93. The van der Waals surface area contributed by atoms with Crippen molar-refractivity contribution in [3.05, 3.63) is 70.8 Å². The zero-order chi connectivity index (χ0) is 21.7. The summed E-state index contributed by atoms with van der Waals surface area (Å²) in [5.74, 6) is 1.32. The summed E-state index contributed by atoms with van der Waals surface area (Å²) < 4.78 is 22.7. The third-order valence-corrected chi connectivity index (χ3v) is 6.33. The minimum atomic E-state index is -3.08. The first-order valence-electron chi connectivity index (χ1n) is 10.5. The molecule has 0 radical (unpaired) electrons. The minimum absolute atomic E-state index is 0.0174. The van der Waals surface area contributed by atoms with E-state index in [9.17, 15) is 13.2 Å². The molecule has 2 aromatic carbocycles. The van der Waals surface area contributed by atoms with Crippen LogP contribution in [-0.4, -0.2) is 38.6 Å². The van der Waals surface area contributed by atoms with E-state index in [2.05, 4.69) is 48.3 Å². The molecule has 1 aliphatic heterocycles. The molecule has 1 amide bonds. The molecule has 6 heteroatoms. The van der Waals surface area contributed by atoms with Crippen LogP contribution in [0.3, 0.4) is 0 Å². The molecule has 1 aliphatic rings. The van der Waals surface area contributed by atoms with E-state index < -0.39 is 9.84 Å². The molecule has 1 heterocycles. The van der Waals surface area contributed by atoms with Gasteiger partial charge in [0.15, 0.2) is 9.84 Å². The maximum Gasteiger partial charge on any atom is 0.251 e. The number of piperidine rings is 1. The molecular weight excluding hydrogens is 396 g/mol. The van der Waals surface area contributed by atoms with E-state index in [4.69, 9.17) is 0 Å². The Morgan fingerprint density at radius 2 is 1.47 bits per heavy atom. The number of likely N-dealkylation sites (tertiary alicyclic amines) is 1. The molecular formula is C24H32N2O3S. The largest absolute Gasteiger partial charge is 0.348 e. The van der Waals surface area contributed by atoms with Crippen LogP contribution < -0.4 is 5.32 Å². The van der Waals surface area contributed by atoms with Gasteiger partial charge in [-0.2, -0.15) is 0 Å². The highest BCUT2D eigenvalue weighted by molar-refractivity contribution is 7.89. The van der Waals surface area contributed by atoms with Crippen molar-refractivity contribution in [3.63, 3.8) is 0 Å². The molecule has 2 aromatic rings. The van der Waals surface area contributed by atoms with Gasteiger partial charge in [0.25, 0.3) is 5.91 Å². The molecule has 3 rings (SSSR count). The van der Waals surface area contributed by atoms with Crippen molar-refractivity contribution in [2.24, 2.45) is 11.8 Å². The maximum atomic E-state index is 12.4. The molecule has 0 unspecified atom stereocenters. The minimum Gasteiger partial charge on any atom is -0.348 e. The SMILES string of the molecule is C[C@@H]1C[C@@H](C)CN(Cc2ccc(CNC(=O)c3ccc(CS(C)(=O)=O)cc3)cc2)C1. The van der Waals surface area contributed by atoms with Crippen molar-refractivity contribution in [1.82, 2.24) is 10.2 Å². The number of carbonyl (C=O) groups is 1. The molecule has 0 aliphatic carbocycles. The molecule has 162 valence electrons. The number of nitrogens with one attached hydrogen (secondary N) is 1. The van der Waals surface area contributed by atoms with Crippen LogP contribution in [0.5, 0.6) is 0 Å². The van der Waals surface area contributed by atoms with Crippen LogP contribution in [0.4, 0.5) is 0 Å². The van der Waals surface area contributed by atoms with Gasteiger partial charge in [0.05, 0.1) is 5.75 Å². The fraction of sp³-hybridized carbons (Fsp3) is 0.458. The molecule has 5 nitrogen and oxygen atoms in total. The van der Waals surface area contributed by atoms with Gasteiger partial charge in [0.1, 0.15) is 0 Å². The third-order valence-electron chi connectivity index (χ3n) is 5.47. The van der Waals surface area contributed by atoms with Gasteiger partial charge in [-0.05, 0) is 47.1 Å². The normalized spacial score (nSPS) is 20.1. The van der Waals surface area contributed by atoms with E-state index in [1.165, 1.54) is 18.2 Å². The van der Waals surface area contributed by atoms with Crippen LogP contribution in [0.2, 0.25) is 0 Å². The number of nitrogens with zero attached hydrogens (tertiary/aromatic N) is 1. The topological polar surface area (TPSA) is 66.5 Å². The quantitative estimate of drug-likeness (QED) is 0.731. The van der Waals surface area contributed by atoms with Crippen molar-refractivity contribution in [2.75, 3.05) is 19.3 Å². The van der Waals surface area contributed by atoms with Gasteiger partial charge < -0.3 is 5.32 Å². The third kappa shape index (κ3) is 6.96. The average molecular weight is 429 g/mol. The second kappa shape index (κ2) is 9.75. The Morgan fingerprint density at radius 3 is 2.03 bits per heavy atom. The first kappa shape index (κ1) is 22.5. The predicted octanol–water partition coefficient (Wildman–Crippen LogP) is 3.64. The van der Waals surface area contributed by atoms with E-state index in [1.807, 2.05) is 0 Å². The van der Waals surface area contributed by atoms with Crippen LogP contribution in [-0.2, 0) is 28.7 Å². The van der Waals surface area contributed by atoms with Crippen molar-refractivity contribution < 1.29 is 13.2 Å². The smallest absolute Gasteiger partial charge is 0.251 e. The van der Waals surface area contributed by atoms with Gasteiger partial charge in [0, 0.05) is 38.0 Å². The number of hydrogen-bond donors (Lipinski definition) is 1. The van der Waals surface area contributed by atoms with Gasteiger partial charge >= 0.3 is 0 Å². The van der Waals surface area contributed by atoms with Crippen LogP contribution in [0.1, 0.15) is 47.3 Å². The Morgan fingerprint density at radius 1 is 0.933 bits per heavy atom. The van der Waals surface area contributed by atoms with Gasteiger partial charge in [-0.1, -0.05) is 50.2 Å². The number of amides is 1. The van der Waals surface area contributed by atoms with E-state index in [0.717, 1.165) is 37.0 Å². The van der Waals surface area contributed by atoms with E-state index in [0.29, 0.717) is 17.7 Å². The Hall–Kier alpha value is -2.18.